The maximum absolute atomic E-state index is 10.8. The van der Waals surface area contributed by atoms with Gasteiger partial charge in [0.05, 0.1) is 4.92 Å². The van der Waals surface area contributed by atoms with Crippen LogP contribution in [0.25, 0.3) is 0 Å². The van der Waals surface area contributed by atoms with Crippen molar-refractivity contribution in [3.63, 3.8) is 0 Å². The van der Waals surface area contributed by atoms with Crippen LogP contribution in [0.15, 0.2) is 23.4 Å². The molecule has 1 rings (SSSR count). The van der Waals surface area contributed by atoms with E-state index in [1.54, 1.807) is 23.8 Å². The van der Waals surface area contributed by atoms with Crippen molar-refractivity contribution >= 4 is 33.1 Å². The van der Waals surface area contributed by atoms with Crippen LogP contribution in [-0.2, 0) is 4.79 Å². The third-order valence-electron chi connectivity index (χ3n) is 2.13. The first-order chi connectivity index (χ1) is 8.49. The molecule has 0 bridgehead atoms. The van der Waals surface area contributed by atoms with Crippen LogP contribution in [0.1, 0.15) is 26.7 Å². The second-order valence-corrected chi connectivity index (χ2v) is 6.50. The van der Waals surface area contributed by atoms with Crippen LogP contribution >= 0.6 is 21.6 Å². The summed E-state index contributed by atoms with van der Waals surface area (Å²) in [5, 5.41) is 11.5. The van der Waals surface area contributed by atoms with Crippen LogP contribution in [0.4, 0.5) is 5.69 Å². The van der Waals surface area contributed by atoms with Crippen molar-refractivity contribution in [3.8, 4) is 0 Å². The van der Waals surface area contributed by atoms with E-state index in [1.807, 2.05) is 6.92 Å². The molecule has 0 N–H and O–H groups in total. The van der Waals surface area contributed by atoms with E-state index in [1.165, 1.54) is 23.1 Å². The average Bonchev–Trinajstić information content (AvgIpc) is 2.34. The van der Waals surface area contributed by atoms with Gasteiger partial charge in [-0.2, -0.15) is 0 Å². The van der Waals surface area contributed by atoms with Gasteiger partial charge in [-0.3, -0.25) is 10.1 Å². The Kier molecular flexibility index (Phi) is 6.14. The number of nitro groups is 1. The number of pyridine rings is 1. The number of carbonyl (C=O) groups is 1. The SMILES string of the molecule is CC(=O)CCC(C)SSc1ccc([N+](=O)[O-])cn1. The molecule has 0 amide bonds. The zero-order chi connectivity index (χ0) is 13.5. The Labute approximate surface area is 113 Å². The highest BCUT2D eigenvalue weighted by atomic mass is 33.1. The smallest absolute Gasteiger partial charge is 0.287 e. The third-order valence-corrected chi connectivity index (χ3v) is 4.99. The first-order valence-corrected chi connectivity index (χ1v) is 7.63. The van der Waals surface area contributed by atoms with Crippen molar-refractivity contribution in [2.45, 2.75) is 37.0 Å². The van der Waals surface area contributed by atoms with Gasteiger partial charge >= 0.3 is 0 Å². The normalized spacial score (nSPS) is 12.1. The summed E-state index contributed by atoms with van der Waals surface area (Å²) in [4.78, 5) is 24.8. The van der Waals surface area contributed by atoms with Crippen LogP contribution in [0.5, 0.6) is 0 Å². The maximum Gasteiger partial charge on any atom is 0.287 e. The topological polar surface area (TPSA) is 73.1 Å². The standard InChI is InChI=1S/C11H14N2O3S2/c1-8(14)3-4-9(2)17-18-11-6-5-10(7-12-11)13(15)16/h5-7,9H,3-4H2,1-2H3. The molecule has 98 valence electrons. The van der Waals surface area contributed by atoms with Crippen molar-refractivity contribution in [3.05, 3.63) is 28.4 Å². The van der Waals surface area contributed by atoms with Gasteiger partial charge in [0.15, 0.2) is 0 Å². The van der Waals surface area contributed by atoms with E-state index in [0.717, 1.165) is 11.4 Å². The molecule has 1 atom stereocenters. The van der Waals surface area contributed by atoms with Crippen molar-refractivity contribution < 1.29 is 9.72 Å². The highest BCUT2D eigenvalue weighted by Crippen LogP contribution is 2.35. The van der Waals surface area contributed by atoms with E-state index >= 15 is 0 Å². The quantitative estimate of drug-likeness (QED) is 0.434. The molecule has 0 spiro atoms. The van der Waals surface area contributed by atoms with Gasteiger partial charge in [-0.1, -0.05) is 17.7 Å². The number of nitrogens with zero attached hydrogens (tertiary/aromatic N) is 2. The highest BCUT2D eigenvalue weighted by Gasteiger charge is 2.09. The Morgan fingerprint density at radius 1 is 1.56 bits per heavy atom. The monoisotopic (exact) mass is 286 g/mol. The predicted octanol–water partition coefficient (Wildman–Crippen LogP) is 3.49. The minimum atomic E-state index is -0.468. The largest absolute Gasteiger partial charge is 0.300 e. The molecular weight excluding hydrogens is 272 g/mol. The van der Waals surface area contributed by atoms with Gasteiger partial charge in [0.1, 0.15) is 17.0 Å². The Hall–Kier alpha value is -1.08. The Morgan fingerprint density at radius 2 is 2.28 bits per heavy atom. The fourth-order valence-corrected chi connectivity index (χ4v) is 3.19. The molecule has 0 aliphatic heterocycles. The lowest BCUT2D eigenvalue weighted by atomic mass is 10.2. The molecule has 0 radical (unpaired) electrons. The van der Waals surface area contributed by atoms with Gasteiger partial charge < -0.3 is 4.79 Å². The van der Waals surface area contributed by atoms with E-state index in [-0.39, 0.29) is 11.5 Å². The third kappa shape index (κ3) is 5.50. The Balaban J connectivity index is 2.39. The fraction of sp³-hybridized carbons (Fsp3) is 0.455. The number of hydrogen-bond donors (Lipinski definition) is 0. The number of aromatic nitrogens is 1. The van der Waals surface area contributed by atoms with Crippen molar-refractivity contribution in [2.75, 3.05) is 0 Å². The van der Waals surface area contributed by atoms with E-state index in [4.69, 9.17) is 0 Å². The summed E-state index contributed by atoms with van der Waals surface area (Å²) in [6, 6.07) is 3.07. The fourth-order valence-electron chi connectivity index (χ4n) is 1.12. The second-order valence-electron chi connectivity index (χ2n) is 3.84. The molecule has 7 heteroatoms. The van der Waals surface area contributed by atoms with Gasteiger partial charge in [-0.15, -0.1) is 0 Å². The average molecular weight is 286 g/mol. The van der Waals surface area contributed by atoms with E-state index in [2.05, 4.69) is 4.98 Å². The Morgan fingerprint density at radius 3 is 2.78 bits per heavy atom. The lowest BCUT2D eigenvalue weighted by molar-refractivity contribution is -0.385. The summed E-state index contributed by atoms with van der Waals surface area (Å²) in [6.45, 7) is 3.63. The van der Waals surface area contributed by atoms with Crippen LogP contribution in [0, 0.1) is 10.1 Å². The van der Waals surface area contributed by atoms with E-state index in [9.17, 15) is 14.9 Å². The van der Waals surface area contributed by atoms with Gasteiger partial charge in [0.2, 0.25) is 0 Å². The molecule has 1 unspecified atom stereocenters. The summed E-state index contributed by atoms with van der Waals surface area (Å²) < 4.78 is 0. The number of carbonyl (C=O) groups excluding carboxylic acids is 1. The molecule has 1 aromatic rings. The summed E-state index contributed by atoms with van der Waals surface area (Å²) in [5.41, 5.74) is -0.00558. The summed E-state index contributed by atoms with van der Waals surface area (Å²) in [6.07, 6.45) is 2.67. The molecule has 1 aromatic heterocycles. The molecule has 18 heavy (non-hydrogen) atoms. The number of rotatable bonds is 7. The zero-order valence-electron chi connectivity index (χ0n) is 10.2. The Bertz CT molecular complexity index is 423. The minimum Gasteiger partial charge on any atom is -0.300 e. The van der Waals surface area contributed by atoms with Crippen molar-refractivity contribution in [1.29, 1.82) is 0 Å². The molecule has 0 saturated carbocycles. The molecule has 0 fully saturated rings. The van der Waals surface area contributed by atoms with Gasteiger partial charge in [0.25, 0.3) is 5.69 Å². The van der Waals surface area contributed by atoms with E-state index in [0.29, 0.717) is 11.7 Å². The summed E-state index contributed by atoms with van der Waals surface area (Å²) >= 11 is 0. The first kappa shape index (κ1) is 15.0. The van der Waals surface area contributed by atoms with Crippen LogP contribution in [-0.4, -0.2) is 20.9 Å². The maximum atomic E-state index is 10.8. The van der Waals surface area contributed by atoms with E-state index < -0.39 is 4.92 Å². The number of hydrogen-bond acceptors (Lipinski definition) is 6. The van der Waals surface area contributed by atoms with Crippen LogP contribution in [0.2, 0.25) is 0 Å². The molecule has 1 heterocycles. The highest BCUT2D eigenvalue weighted by molar-refractivity contribution is 8.76. The van der Waals surface area contributed by atoms with Gasteiger partial charge in [-0.25, -0.2) is 4.98 Å². The molecule has 5 nitrogen and oxygen atoms in total. The first-order valence-electron chi connectivity index (χ1n) is 5.42. The van der Waals surface area contributed by atoms with Gasteiger partial charge in [0, 0.05) is 17.7 Å². The zero-order valence-corrected chi connectivity index (χ0v) is 11.8. The minimum absolute atomic E-state index is 0.00558. The molecule has 0 aliphatic carbocycles. The lowest BCUT2D eigenvalue weighted by Gasteiger charge is -2.08. The molecule has 0 saturated heterocycles. The molecule has 0 aliphatic rings. The predicted molar refractivity (Wildman–Crippen MR) is 73.7 cm³/mol. The molecule has 0 aromatic carbocycles. The lowest BCUT2D eigenvalue weighted by Crippen LogP contribution is -1.98. The second kappa shape index (κ2) is 7.38. The summed E-state index contributed by atoms with van der Waals surface area (Å²) in [5.74, 6) is 0.195. The number of ketones is 1. The van der Waals surface area contributed by atoms with Gasteiger partial charge in [-0.05, 0) is 30.2 Å². The van der Waals surface area contributed by atoms with Crippen molar-refractivity contribution in [1.82, 2.24) is 4.98 Å². The van der Waals surface area contributed by atoms with Crippen LogP contribution in [0.3, 0.4) is 0 Å². The van der Waals surface area contributed by atoms with Crippen molar-refractivity contribution in [2.24, 2.45) is 0 Å². The van der Waals surface area contributed by atoms with Crippen LogP contribution < -0.4 is 0 Å². The summed E-state index contributed by atoms with van der Waals surface area (Å²) in [7, 11) is 3.09. The molecular formula is C11H14N2O3S2. The number of Topliss-reactive ketones (excluding diaryl/α,β-unsaturated/α-hetero) is 1.